The summed E-state index contributed by atoms with van der Waals surface area (Å²) in [6.45, 7) is 1.76. The van der Waals surface area contributed by atoms with Crippen LogP contribution in [0.25, 0.3) is 0 Å². The van der Waals surface area contributed by atoms with Crippen molar-refractivity contribution in [2.45, 2.75) is 44.2 Å². The maximum Gasteiger partial charge on any atom is 0.242 e. The van der Waals surface area contributed by atoms with E-state index in [9.17, 15) is 9.18 Å². The summed E-state index contributed by atoms with van der Waals surface area (Å²) in [5, 5.41) is 3.34. The van der Waals surface area contributed by atoms with Gasteiger partial charge in [0, 0.05) is 6.04 Å². The molecule has 104 valence electrons. The van der Waals surface area contributed by atoms with E-state index in [-0.39, 0.29) is 5.82 Å². The van der Waals surface area contributed by atoms with Crippen LogP contribution in [-0.4, -0.2) is 11.9 Å². The number of hydrogen-bond donors (Lipinski definition) is 2. The fraction of sp³-hybridized carbons (Fsp3) is 0.500. The van der Waals surface area contributed by atoms with E-state index in [1.54, 1.807) is 19.1 Å². The van der Waals surface area contributed by atoms with Gasteiger partial charge in [0.1, 0.15) is 11.4 Å². The second-order valence-corrected chi connectivity index (χ2v) is 6.10. The summed E-state index contributed by atoms with van der Waals surface area (Å²) >= 11 is 3.15. The number of halogens is 2. The van der Waals surface area contributed by atoms with Crippen molar-refractivity contribution in [3.63, 3.8) is 0 Å². The molecule has 1 amide bonds. The molecule has 2 rings (SSSR count). The number of amides is 1. The molecular formula is C14H18BrFN2O. The highest BCUT2D eigenvalue weighted by Gasteiger charge is 2.36. The predicted molar refractivity (Wildman–Crippen MR) is 76.0 cm³/mol. The standard InChI is InChI=1S/C14H18BrFN2O/c1-14(13(17)19,18-10-4-2-3-5-10)9-6-7-12(16)11(15)8-9/h6-8,10,18H,2-5H2,1H3,(H2,17,19). The molecule has 1 aliphatic carbocycles. The van der Waals surface area contributed by atoms with Crippen LogP contribution in [0.5, 0.6) is 0 Å². The number of hydrogen-bond acceptors (Lipinski definition) is 2. The Labute approximate surface area is 120 Å². The first-order valence-electron chi connectivity index (χ1n) is 6.46. The van der Waals surface area contributed by atoms with Gasteiger partial charge in [-0.1, -0.05) is 18.9 Å². The minimum atomic E-state index is -0.967. The zero-order valence-corrected chi connectivity index (χ0v) is 12.5. The molecule has 0 aliphatic heterocycles. The van der Waals surface area contributed by atoms with Crippen molar-refractivity contribution >= 4 is 21.8 Å². The molecule has 19 heavy (non-hydrogen) atoms. The van der Waals surface area contributed by atoms with E-state index in [1.807, 2.05) is 0 Å². The van der Waals surface area contributed by atoms with Crippen molar-refractivity contribution in [1.82, 2.24) is 5.32 Å². The molecule has 5 heteroatoms. The third-order valence-corrected chi connectivity index (χ3v) is 4.45. The number of nitrogens with one attached hydrogen (secondary N) is 1. The van der Waals surface area contributed by atoms with Gasteiger partial charge in [-0.25, -0.2) is 4.39 Å². The summed E-state index contributed by atoms with van der Waals surface area (Å²) < 4.78 is 13.6. The third-order valence-electron chi connectivity index (χ3n) is 3.84. The van der Waals surface area contributed by atoms with Crippen molar-refractivity contribution in [1.29, 1.82) is 0 Å². The van der Waals surface area contributed by atoms with Crippen LogP contribution < -0.4 is 11.1 Å². The summed E-state index contributed by atoms with van der Waals surface area (Å²) in [6, 6.07) is 4.85. The van der Waals surface area contributed by atoms with Crippen molar-refractivity contribution in [3.05, 3.63) is 34.1 Å². The SMILES string of the molecule is CC(NC1CCCC1)(C(N)=O)c1ccc(F)c(Br)c1. The number of nitrogens with two attached hydrogens (primary N) is 1. The average Bonchev–Trinajstić information content (AvgIpc) is 2.85. The topological polar surface area (TPSA) is 55.1 Å². The summed E-state index contributed by atoms with van der Waals surface area (Å²) in [6.07, 6.45) is 4.43. The van der Waals surface area contributed by atoms with Crippen LogP contribution in [0, 0.1) is 5.82 Å². The number of carbonyl (C=O) groups is 1. The molecule has 0 aromatic heterocycles. The van der Waals surface area contributed by atoms with Crippen LogP contribution in [0.3, 0.4) is 0 Å². The fourth-order valence-corrected chi connectivity index (χ4v) is 2.96. The molecule has 0 radical (unpaired) electrons. The largest absolute Gasteiger partial charge is 0.368 e. The molecular weight excluding hydrogens is 311 g/mol. The Balaban J connectivity index is 2.31. The van der Waals surface area contributed by atoms with Crippen LogP contribution >= 0.6 is 15.9 Å². The molecule has 0 spiro atoms. The summed E-state index contributed by atoms with van der Waals surface area (Å²) in [4.78, 5) is 11.9. The fourth-order valence-electron chi connectivity index (χ4n) is 2.58. The first-order valence-corrected chi connectivity index (χ1v) is 7.26. The maximum atomic E-state index is 13.3. The van der Waals surface area contributed by atoms with E-state index >= 15 is 0 Å². The van der Waals surface area contributed by atoms with Crippen LogP contribution in [-0.2, 0) is 10.3 Å². The highest BCUT2D eigenvalue weighted by atomic mass is 79.9. The first kappa shape index (κ1) is 14.5. The van der Waals surface area contributed by atoms with Gasteiger partial charge in [0.15, 0.2) is 0 Å². The smallest absolute Gasteiger partial charge is 0.242 e. The van der Waals surface area contributed by atoms with E-state index in [4.69, 9.17) is 5.73 Å². The van der Waals surface area contributed by atoms with Gasteiger partial charge in [0.05, 0.1) is 4.47 Å². The number of primary amides is 1. The van der Waals surface area contributed by atoms with Crippen LogP contribution in [0.4, 0.5) is 4.39 Å². The van der Waals surface area contributed by atoms with E-state index in [0.29, 0.717) is 16.1 Å². The molecule has 1 unspecified atom stereocenters. The number of carbonyl (C=O) groups excluding carboxylic acids is 1. The van der Waals surface area contributed by atoms with Gasteiger partial charge < -0.3 is 5.73 Å². The average molecular weight is 329 g/mol. The summed E-state index contributed by atoms with van der Waals surface area (Å²) in [7, 11) is 0. The lowest BCUT2D eigenvalue weighted by Gasteiger charge is -2.31. The lowest BCUT2D eigenvalue weighted by atomic mass is 9.90. The van der Waals surface area contributed by atoms with Gasteiger partial charge in [-0.05, 0) is 53.4 Å². The quantitative estimate of drug-likeness (QED) is 0.892. The summed E-state index contributed by atoms with van der Waals surface area (Å²) in [5.74, 6) is -0.797. The summed E-state index contributed by atoms with van der Waals surface area (Å²) in [5.41, 5.74) is 5.27. The van der Waals surface area contributed by atoms with Gasteiger partial charge in [-0.2, -0.15) is 0 Å². The van der Waals surface area contributed by atoms with Crippen molar-refractivity contribution in [2.75, 3.05) is 0 Å². The number of benzene rings is 1. The van der Waals surface area contributed by atoms with Crippen molar-refractivity contribution < 1.29 is 9.18 Å². The molecule has 1 atom stereocenters. The van der Waals surface area contributed by atoms with Crippen molar-refractivity contribution in [3.8, 4) is 0 Å². The highest BCUT2D eigenvalue weighted by Crippen LogP contribution is 2.29. The minimum Gasteiger partial charge on any atom is -0.368 e. The molecule has 3 nitrogen and oxygen atoms in total. The molecule has 0 saturated heterocycles. The van der Waals surface area contributed by atoms with E-state index in [1.165, 1.54) is 18.9 Å². The Bertz CT molecular complexity index is 488. The van der Waals surface area contributed by atoms with Crippen LogP contribution in [0.15, 0.2) is 22.7 Å². The van der Waals surface area contributed by atoms with Crippen molar-refractivity contribution in [2.24, 2.45) is 5.73 Å². The second-order valence-electron chi connectivity index (χ2n) is 5.24. The van der Waals surface area contributed by atoms with E-state index in [2.05, 4.69) is 21.2 Å². The Morgan fingerprint density at radius 1 is 1.47 bits per heavy atom. The Kier molecular flexibility index (Phi) is 4.26. The molecule has 3 N–H and O–H groups in total. The zero-order valence-electron chi connectivity index (χ0n) is 10.9. The van der Waals surface area contributed by atoms with E-state index < -0.39 is 11.4 Å². The molecule has 1 aromatic rings. The Hall–Kier alpha value is -0.940. The second kappa shape index (κ2) is 5.59. The minimum absolute atomic E-state index is 0.293. The molecule has 1 aliphatic rings. The lowest BCUT2D eigenvalue weighted by Crippen LogP contribution is -2.53. The molecule has 0 heterocycles. The Morgan fingerprint density at radius 3 is 2.63 bits per heavy atom. The van der Waals surface area contributed by atoms with Gasteiger partial charge in [-0.3, -0.25) is 10.1 Å². The lowest BCUT2D eigenvalue weighted by molar-refractivity contribution is -0.124. The highest BCUT2D eigenvalue weighted by molar-refractivity contribution is 9.10. The monoisotopic (exact) mass is 328 g/mol. The molecule has 1 aromatic carbocycles. The first-order chi connectivity index (χ1) is 8.93. The molecule has 0 bridgehead atoms. The maximum absolute atomic E-state index is 13.3. The third kappa shape index (κ3) is 2.98. The van der Waals surface area contributed by atoms with E-state index in [0.717, 1.165) is 12.8 Å². The van der Waals surface area contributed by atoms with Gasteiger partial charge in [-0.15, -0.1) is 0 Å². The van der Waals surface area contributed by atoms with Gasteiger partial charge in [0.25, 0.3) is 0 Å². The number of rotatable bonds is 4. The van der Waals surface area contributed by atoms with Crippen LogP contribution in [0.1, 0.15) is 38.2 Å². The Morgan fingerprint density at radius 2 is 2.11 bits per heavy atom. The van der Waals surface area contributed by atoms with Gasteiger partial charge >= 0.3 is 0 Å². The molecule has 1 fully saturated rings. The normalized spacial score (nSPS) is 19.3. The predicted octanol–water partition coefficient (Wildman–Crippen LogP) is 2.82. The van der Waals surface area contributed by atoms with Crippen LogP contribution in [0.2, 0.25) is 0 Å². The zero-order chi connectivity index (χ0) is 14.0. The van der Waals surface area contributed by atoms with Gasteiger partial charge in [0.2, 0.25) is 5.91 Å². The molecule has 1 saturated carbocycles.